The van der Waals surface area contributed by atoms with Crippen molar-refractivity contribution in [3.8, 4) is 6.07 Å². The first kappa shape index (κ1) is 25.0. The van der Waals surface area contributed by atoms with Crippen molar-refractivity contribution in [3.63, 3.8) is 0 Å². The molecule has 2 aromatic carbocycles. The second-order valence-electron chi connectivity index (χ2n) is 9.85. The number of hydrogen-bond acceptors (Lipinski definition) is 8. The quantitative estimate of drug-likeness (QED) is 0.200. The molecule has 1 aliphatic heterocycles. The molecule has 0 amide bonds. The predicted molar refractivity (Wildman–Crippen MR) is 154 cm³/mol. The normalized spacial score (nSPS) is 16.2. The summed E-state index contributed by atoms with van der Waals surface area (Å²) >= 11 is 6.80. The molecule has 2 aromatic heterocycles. The summed E-state index contributed by atoms with van der Waals surface area (Å²) in [5.74, 6) is 0. The lowest BCUT2D eigenvalue weighted by molar-refractivity contribution is 0.260. The van der Waals surface area contributed by atoms with Crippen LogP contribution in [0, 0.1) is 11.3 Å². The Labute approximate surface area is 232 Å². The maximum Gasteiger partial charge on any atom is 0.103 e. The SMILES string of the molecule is CC[C@@H](Nc1c(C#N)cnc2c(Cl)cc(N[C@H](C3=CN(C4CC4)NN3)c3cccnc3)cc12)c1ccccc1. The van der Waals surface area contributed by atoms with Gasteiger partial charge in [-0.2, -0.15) is 5.26 Å². The van der Waals surface area contributed by atoms with E-state index in [9.17, 15) is 5.26 Å². The van der Waals surface area contributed by atoms with E-state index in [1.54, 1.807) is 12.4 Å². The van der Waals surface area contributed by atoms with Crippen LogP contribution in [0.4, 0.5) is 11.4 Å². The number of fused-ring (bicyclic) bond motifs is 1. The second-order valence-corrected chi connectivity index (χ2v) is 10.3. The van der Waals surface area contributed by atoms with E-state index in [1.807, 2.05) is 48.7 Å². The van der Waals surface area contributed by atoms with Gasteiger partial charge in [-0.25, -0.2) is 0 Å². The summed E-state index contributed by atoms with van der Waals surface area (Å²) in [7, 11) is 0. The van der Waals surface area contributed by atoms with Gasteiger partial charge >= 0.3 is 0 Å². The van der Waals surface area contributed by atoms with Crippen molar-refractivity contribution >= 4 is 33.9 Å². The molecule has 4 aromatic rings. The van der Waals surface area contributed by atoms with Crippen molar-refractivity contribution in [2.75, 3.05) is 10.6 Å². The Hall–Kier alpha value is -4.32. The Balaban J connectivity index is 1.40. The molecule has 196 valence electrons. The number of nitrogens with one attached hydrogen (secondary N) is 4. The van der Waals surface area contributed by atoms with Crippen LogP contribution in [-0.2, 0) is 0 Å². The first-order valence-corrected chi connectivity index (χ1v) is 13.5. The Morgan fingerprint density at radius 1 is 1.10 bits per heavy atom. The molecule has 6 rings (SSSR count). The smallest absolute Gasteiger partial charge is 0.103 e. The van der Waals surface area contributed by atoms with E-state index in [4.69, 9.17) is 11.6 Å². The lowest BCUT2D eigenvalue weighted by Crippen LogP contribution is -2.38. The minimum Gasteiger partial charge on any atom is -0.377 e. The molecule has 0 bridgehead atoms. The molecule has 1 aliphatic carbocycles. The van der Waals surface area contributed by atoms with Crippen LogP contribution in [0.2, 0.25) is 5.02 Å². The van der Waals surface area contributed by atoms with Gasteiger partial charge < -0.3 is 16.1 Å². The average molecular weight is 537 g/mol. The largest absolute Gasteiger partial charge is 0.377 e. The zero-order valence-electron chi connectivity index (χ0n) is 21.5. The highest BCUT2D eigenvalue weighted by Gasteiger charge is 2.32. The van der Waals surface area contributed by atoms with Crippen LogP contribution in [0.3, 0.4) is 0 Å². The summed E-state index contributed by atoms with van der Waals surface area (Å²) in [5.41, 5.74) is 12.4. The number of rotatable bonds is 9. The van der Waals surface area contributed by atoms with Crippen LogP contribution in [0.25, 0.3) is 10.9 Å². The minimum atomic E-state index is -0.209. The number of hydrogen-bond donors (Lipinski definition) is 4. The summed E-state index contributed by atoms with van der Waals surface area (Å²) in [4.78, 5) is 8.89. The van der Waals surface area contributed by atoms with E-state index < -0.39 is 0 Å². The van der Waals surface area contributed by atoms with E-state index in [0.29, 0.717) is 22.1 Å². The number of benzene rings is 2. The van der Waals surface area contributed by atoms with E-state index in [-0.39, 0.29) is 12.1 Å². The Morgan fingerprint density at radius 3 is 2.64 bits per heavy atom. The lowest BCUT2D eigenvalue weighted by Gasteiger charge is -2.23. The van der Waals surface area contributed by atoms with Crippen LogP contribution in [0.5, 0.6) is 0 Å². The number of nitrogens with zero attached hydrogens (tertiary/aromatic N) is 4. The molecule has 0 unspecified atom stereocenters. The fourth-order valence-electron chi connectivity index (χ4n) is 4.96. The van der Waals surface area contributed by atoms with Crippen molar-refractivity contribution in [2.45, 2.75) is 44.3 Å². The summed E-state index contributed by atoms with van der Waals surface area (Å²) in [6.07, 6.45) is 10.5. The highest BCUT2D eigenvalue weighted by Crippen LogP contribution is 2.38. The van der Waals surface area contributed by atoms with Gasteiger partial charge in [-0.3, -0.25) is 15.0 Å². The molecule has 2 atom stereocenters. The Morgan fingerprint density at radius 2 is 1.92 bits per heavy atom. The van der Waals surface area contributed by atoms with Crippen molar-refractivity contribution in [2.24, 2.45) is 0 Å². The summed E-state index contributed by atoms with van der Waals surface area (Å²) in [6, 6.07) is 20.8. The number of halogens is 1. The molecule has 1 saturated carbocycles. The molecule has 2 aliphatic rings. The molecule has 1 fully saturated rings. The molecule has 3 heterocycles. The zero-order chi connectivity index (χ0) is 26.8. The van der Waals surface area contributed by atoms with Gasteiger partial charge in [-0.1, -0.05) is 54.9 Å². The van der Waals surface area contributed by atoms with Crippen molar-refractivity contribution in [1.29, 1.82) is 5.26 Å². The predicted octanol–water partition coefficient (Wildman–Crippen LogP) is 6.20. The molecule has 39 heavy (non-hydrogen) atoms. The number of nitriles is 1. The molecular formula is C30H29ClN8. The molecular weight excluding hydrogens is 508 g/mol. The third-order valence-corrected chi connectivity index (χ3v) is 7.45. The lowest BCUT2D eigenvalue weighted by atomic mass is 10.0. The van der Waals surface area contributed by atoms with Crippen LogP contribution in [0.1, 0.15) is 55.0 Å². The third kappa shape index (κ3) is 5.19. The zero-order valence-corrected chi connectivity index (χ0v) is 22.3. The number of pyridine rings is 2. The van der Waals surface area contributed by atoms with E-state index in [1.165, 1.54) is 12.8 Å². The van der Waals surface area contributed by atoms with Gasteiger partial charge in [0.05, 0.1) is 39.6 Å². The number of aromatic nitrogens is 2. The summed E-state index contributed by atoms with van der Waals surface area (Å²) in [5, 5.41) is 20.7. The fourth-order valence-corrected chi connectivity index (χ4v) is 5.23. The first-order valence-electron chi connectivity index (χ1n) is 13.2. The first-order chi connectivity index (χ1) is 19.1. The van der Waals surface area contributed by atoms with Gasteiger partial charge in [0.1, 0.15) is 6.07 Å². The summed E-state index contributed by atoms with van der Waals surface area (Å²) < 4.78 is 0. The molecule has 0 spiro atoms. The molecule has 4 N–H and O–H groups in total. The van der Waals surface area contributed by atoms with Crippen LogP contribution >= 0.6 is 11.6 Å². The summed E-state index contributed by atoms with van der Waals surface area (Å²) in [6.45, 7) is 2.12. The monoisotopic (exact) mass is 536 g/mol. The molecule has 9 heteroatoms. The Bertz CT molecular complexity index is 1550. The van der Waals surface area contributed by atoms with Gasteiger partial charge in [0.25, 0.3) is 0 Å². The highest BCUT2D eigenvalue weighted by atomic mass is 35.5. The van der Waals surface area contributed by atoms with Crippen LogP contribution in [0.15, 0.2) is 85.1 Å². The van der Waals surface area contributed by atoms with E-state index in [2.05, 4.69) is 67.9 Å². The standard InChI is InChI=1S/C30H29ClN8/c1-2-26(19-7-4-3-5-8-19)36-28-21(15-32)17-34-30-24(28)13-22(14-25(30)31)35-29(20-9-6-12-33-16-20)27-18-39(38-37-27)23-10-11-23/h3-9,12-14,16-18,23,26,29,35,37-38H,2,10-11H2,1H3,(H,34,36)/t26-,29+/m1/s1. The van der Waals surface area contributed by atoms with Gasteiger partial charge in [-0.15, -0.1) is 5.53 Å². The number of hydrazine groups is 2. The Kier molecular flexibility index (Phi) is 6.93. The average Bonchev–Trinajstić information content (AvgIpc) is 3.72. The minimum absolute atomic E-state index is 0.0229. The third-order valence-electron chi connectivity index (χ3n) is 7.16. The van der Waals surface area contributed by atoms with Gasteiger partial charge in [0, 0.05) is 41.9 Å². The number of anilines is 2. The molecule has 0 radical (unpaired) electrons. The van der Waals surface area contributed by atoms with E-state index in [0.717, 1.165) is 40.0 Å². The maximum atomic E-state index is 9.97. The highest BCUT2D eigenvalue weighted by molar-refractivity contribution is 6.35. The van der Waals surface area contributed by atoms with E-state index >= 15 is 0 Å². The van der Waals surface area contributed by atoms with Gasteiger partial charge in [0.2, 0.25) is 0 Å². The molecule has 8 nitrogen and oxygen atoms in total. The van der Waals surface area contributed by atoms with Gasteiger partial charge in [-0.05, 0) is 48.6 Å². The fraction of sp³-hybridized carbons (Fsp3) is 0.233. The van der Waals surface area contributed by atoms with Gasteiger partial charge in [0.15, 0.2) is 0 Å². The van der Waals surface area contributed by atoms with Crippen molar-refractivity contribution < 1.29 is 0 Å². The maximum absolute atomic E-state index is 9.97. The topological polar surface area (TPSA) is 101 Å². The second kappa shape index (κ2) is 10.8. The van der Waals surface area contributed by atoms with Crippen molar-refractivity contribution in [1.82, 2.24) is 25.9 Å². The van der Waals surface area contributed by atoms with Crippen LogP contribution in [-0.4, -0.2) is 21.0 Å². The molecule has 0 saturated heterocycles. The van der Waals surface area contributed by atoms with Crippen molar-refractivity contribution in [3.05, 3.63) is 107 Å². The van der Waals surface area contributed by atoms with Crippen LogP contribution < -0.4 is 21.6 Å².